The number of carbonyl (C=O) groups is 2. The van der Waals surface area contributed by atoms with E-state index >= 15 is 0 Å². The topological polar surface area (TPSA) is 79.7 Å². The number of carbonyl (C=O) groups excluding carboxylic acids is 2. The Kier molecular flexibility index (Phi) is 7.74. The summed E-state index contributed by atoms with van der Waals surface area (Å²) in [7, 11) is 0. The number of amides is 2. The third-order valence-electron chi connectivity index (χ3n) is 6.88. The van der Waals surface area contributed by atoms with Gasteiger partial charge in [0.1, 0.15) is 5.69 Å². The van der Waals surface area contributed by atoms with Crippen LogP contribution in [-0.2, 0) is 14.3 Å². The van der Waals surface area contributed by atoms with Gasteiger partial charge in [-0.3, -0.25) is 19.9 Å². The van der Waals surface area contributed by atoms with Gasteiger partial charge in [-0.2, -0.15) is 10.1 Å². The third-order valence-corrected chi connectivity index (χ3v) is 8.19. The number of morpholine rings is 1. The number of fused-ring (bicyclic) bond motifs is 1. The Morgan fingerprint density at radius 1 is 1.02 bits per heavy atom. The minimum absolute atomic E-state index is 0.252. The van der Waals surface area contributed by atoms with E-state index in [1.165, 1.54) is 16.8 Å². The fourth-order valence-corrected chi connectivity index (χ4v) is 5.99. The molecule has 0 saturated carbocycles. The van der Waals surface area contributed by atoms with Gasteiger partial charge in [-0.1, -0.05) is 72.4 Å². The van der Waals surface area contributed by atoms with E-state index in [2.05, 4.69) is 28.5 Å². The van der Waals surface area contributed by atoms with Crippen molar-refractivity contribution in [2.75, 3.05) is 32.8 Å². The number of thiocarbonyl (C=S) groups is 1. The number of hydrogen-bond acceptors (Lipinski definition) is 7. The Balaban J connectivity index is 1.29. The quantitative estimate of drug-likeness (QED) is 0.257. The predicted octanol–water partition coefficient (Wildman–Crippen LogP) is 4.65. The first-order valence-corrected chi connectivity index (χ1v) is 14.3. The number of nitrogens with one attached hydrogen (secondary N) is 1. The van der Waals surface area contributed by atoms with Gasteiger partial charge in [0.05, 0.1) is 23.8 Å². The lowest BCUT2D eigenvalue weighted by atomic mass is 10.00. The molecule has 8 nitrogen and oxygen atoms in total. The Labute approximate surface area is 241 Å². The van der Waals surface area contributed by atoms with Crippen LogP contribution in [0.15, 0.2) is 83.9 Å². The van der Waals surface area contributed by atoms with Crippen molar-refractivity contribution in [2.24, 2.45) is 0 Å². The zero-order valence-corrected chi connectivity index (χ0v) is 23.3. The summed E-state index contributed by atoms with van der Waals surface area (Å²) in [5.74, 6) is -0.608. The maximum atomic E-state index is 13.4. The van der Waals surface area contributed by atoms with Crippen molar-refractivity contribution in [2.45, 2.75) is 6.42 Å². The van der Waals surface area contributed by atoms with E-state index < -0.39 is 0 Å². The second-order valence-electron chi connectivity index (χ2n) is 9.50. The number of hydrazine groups is 1. The molecule has 0 atom stereocenters. The minimum atomic E-state index is -0.356. The molecule has 2 fully saturated rings. The molecule has 1 N–H and O–H groups in total. The maximum Gasteiger partial charge on any atom is 0.285 e. The Morgan fingerprint density at radius 3 is 2.60 bits per heavy atom. The number of benzene rings is 3. The third kappa shape index (κ3) is 5.57. The molecule has 2 amide bonds. The van der Waals surface area contributed by atoms with E-state index in [4.69, 9.17) is 22.1 Å². The van der Waals surface area contributed by atoms with Gasteiger partial charge in [0.2, 0.25) is 5.91 Å². The highest BCUT2D eigenvalue weighted by molar-refractivity contribution is 8.26. The van der Waals surface area contributed by atoms with Crippen LogP contribution in [0.4, 0.5) is 0 Å². The van der Waals surface area contributed by atoms with Crippen molar-refractivity contribution in [3.05, 3.63) is 89.5 Å². The minimum Gasteiger partial charge on any atom is -0.379 e. The molecular weight excluding hydrogens is 542 g/mol. The van der Waals surface area contributed by atoms with Crippen molar-refractivity contribution >= 4 is 57.0 Å². The largest absolute Gasteiger partial charge is 0.379 e. The first-order chi connectivity index (χ1) is 19.6. The van der Waals surface area contributed by atoms with Crippen LogP contribution in [0.1, 0.15) is 12.0 Å². The molecular formula is C30H27N5O3S2. The molecule has 202 valence electrons. The molecule has 0 aliphatic carbocycles. The number of nitrogens with zero attached hydrogens (tertiary/aromatic N) is 4. The smallest absolute Gasteiger partial charge is 0.285 e. The summed E-state index contributed by atoms with van der Waals surface area (Å²) in [6, 6.07) is 24.1. The molecule has 0 radical (unpaired) electrons. The van der Waals surface area contributed by atoms with Crippen LogP contribution in [0.25, 0.3) is 33.8 Å². The summed E-state index contributed by atoms with van der Waals surface area (Å²) < 4.78 is 7.47. The number of hydrogen-bond donors (Lipinski definition) is 1. The van der Waals surface area contributed by atoms with Gasteiger partial charge in [-0.15, -0.1) is 0 Å². The van der Waals surface area contributed by atoms with E-state index in [-0.39, 0.29) is 22.6 Å². The van der Waals surface area contributed by atoms with Gasteiger partial charge >= 0.3 is 0 Å². The molecule has 0 bridgehead atoms. The Bertz CT molecular complexity index is 1610. The zero-order chi connectivity index (χ0) is 27.5. The fourth-order valence-electron chi connectivity index (χ4n) is 4.82. The zero-order valence-electron chi connectivity index (χ0n) is 21.7. The van der Waals surface area contributed by atoms with Gasteiger partial charge < -0.3 is 4.74 Å². The van der Waals surface area contributed by atoms with Crippen molar-refractivity contribution < 1.29 is 14.3 Å². The Morgan fingerprint density at radius 2 is 1.77 bits per heavy atom. The predicted molar refractivity (Wildman–Crippen MR) is 162 cm³/mol. The second kappa shape index (κ2) is 11.7. The Hall–Kier alpha value is -3.83. The van der Waals surface area contributed by atoms with Crippen molar-refractivity contribution in [1.29, 1.82) is 0 Å². The summed E-state index contributed by atoms with van der Waals surface area (Å²) in [6.07, 6.45) is 3.99. The molecule has 40 heavy (non-hydrogen) atoms. The van der Waals surface area contributed by atoms with Crippen LogP contribution in [0.2, 0.25) is 0 Å². The SMILES string of the molecule is O=C(CCN1CCOCC1)NN1C(=O)/C(=C/c2cn(-c3ccccc3)nc2-c2cccc3ccccc23)SC1=S. The van der Waals surface area contributed by atoms with Gasteiger partial charge in [0.15, 0.2) is 4.32 Å². The van der Waals surface area contributed by atoms with Crippen LogP contribution in [-0.4, -0.2) is 68.7 Å². The molecule has 2 aliphatic heterocycles. The van der Waals surface area contributed by atoms with Gasteiger partial charge in [-0.25, -0.2) is 4.68 Å². The monoisotopic (exact) mass is 569 g/mol. The number of rotatable bonds is 7. The van der Waals surface area contributed by atoms with Crippen molar-refractivity contribution in [1.82, 2.24) is 25.1 Å². The molecule has 2 aliphatic rings. The average Bonchev–Trinajstić information content (AvgIpc) is 3.53. The van der Waals surface area contributed by atoms with Crippen LogP contribution in [0.3, 0.4) is 0 Å². The fraction of sp³-hybridized carbons (Fsp3) is 0.200. The lowest BCUT2D eigenvalue weighted by Crippen LogP contribution is -2.46. The van der Waals surface area contributed by atoms with Crippen LogP contribution in [0.5, 0.6) is 0 Å². The highest BCUT2D eigenvalue weighted by atomic mass is 32.2. The highest BCUT2D eigenvalue weighted by Gasteiger charge is 2.34. The summed E-state index contributed by atoms with van der Waals surface area (Å²) in [5.41, 5.74) is 6.10. The van der Waals surface area contributed by atoms with Gasteiger partial charge in [0, 0.05) is 43.4 Å². The molecule has 3 aromatic carbocycles. The summed E-state index contributed by atoms with van der Waals surface area (Å²) in [4.78, 5) is 28.6. The first kappa shape index (κ1) is 26.4. The molecule has 10 heteroatoms. The molecule has 3 heterocycles. The number of thioether (sulfide) groups is 1. The van der Waals surface area contributed by atoms with Gasteiger partial charge in [0.25, 0.3) is 5.91 Å². The maximum absolute atomic E-state index is 13.4. The van der Waals surface area contributed by atoms with E-state index in [9.17, 15) is 9.59 Å². The standard InChI is InChI=1S/C30H27N5O3S2/c36-27(13-14-33-15-17-38-18-16-33)31-35-29(37)26(40-30(35)39)19-22-20-34(23-9-2-1-3-10-23)32-28(22)25-12-6-8-21-7-4-5-11-24(21)25/h1-12,19-20H,13-18H2,(H,31,36)/b26-19-. The first-order valence-electron chi connectivity index (χ1n) is 13.1. The lowest BCUT2D eigenvalue weighted by Gasteiger charge is -2.26. The normalized spacial score (nSPS) is 17.2. The van der Waals surface area contributed by atoms with E-state index in [0.717, 1.165) is 46.4 Å². The van der Waals surface area contributed by atoms with Crippen molar-refractivity contribution in [3.8, 4) is 16.9 Å². The number of aromatic nitrogens is 2. The molecule has 1 aromatic heterocycles. The molecule has 2 saturated heterocycles. The van der Waals surface area contributed by atoms with E-state index in [1.54, 1.807) is 0 Å². The lowest BCUT2D eigenvalue weighted by molar-refractivity contribution is -0.133. The van der Waals surface area contributed by atoms with E-state index in [0.29, 0.717) is 24.7 Å². The number of ether oxygens (including phenoxy) is 1. The molecule has 0 unspecified atom stereocenters. The highest BCUT2D eigenvalue weighted by Crippen LogP contribution is 2.36. The summed E-state index contributed by atoms with van der Waals surface area (Å²) >= 11 is 6.64. The molecule has 4 aromatic rings. The van der Waals surface area contributed by atoms with Crippen molar-refractivity contribution in [3.63, 3.8) is 0 Å². The van der Waals surface area contributed by atoms with E-state index in [1.807, 2.05) is 71.6 Å². The molecule has 6 rings (SSSR count). The van der Waals surface area contributed by atoms with Crippen LogP contribution < -0.4 is 5.43 Å². The molecule has 0 spiro atoms. The number of para-hydroxylation sites is 1. The second-order valence-corrected chi connectivity index (χ2v) is 11.2. The summed E-state index contributed by atoms with van der Waals surface area (Å²) in [6.45, 7) is 3.54. The van der Waals surface area contributed by atoms with Gasteiger partial charge in [-0.05, 0) is 41.2 Å². The average molecular weight is 570 g/mol. The summed E-state index contributed by atoms with van der Waals surface area (Å²) in [5, 5.41) is 8.29. The van der Waals surface area contributed by atoms with Crippen LogP contribution >= 0.6 is 24.0 Å². The van der Waals surface area contributed by atoms with Crippen LogP contribution in [0, 0.1) is 0 Å².